The first-order chi connectivity index (χ1) is 12.2. The van der Waals surface area contributed by atoms with Crippen LogP contribution in [0.25, 0.3) is 10.8 Å². The van der Waals surface area contributed by atoms with E-state index in [1.54, 1.807) is 0 Å². The first-order valence-corrected chi connectivity index (χ1v) is 9.23. The first kappa shape index (κ1) is 16.2. The number of hydrogen-bond donors (Lipinski definition) is 0. The molecule has 0 radical (unpaired) electrons. The molecule has 0 aromatic heterocycles. The fourth-order valence-corrected chi connectivity index (χ4v) is 3.97. The lowest BCUT2D eigenvalue weighted by Gasteiger charge is -2.41. The van der Waals surface area contributed by atoms with E-state index >= 15 is 0 Å². The summed E-state index contributed by atoms with van der Waals surface area (Å²) in [7, 11) is 0. The van der Waals surface area contributed by atoms with Crippen molar-refractivity contribution >= 4 is 16.5 Å². The van der Waals surface area contributed by atoms with Crippen LogP contribution in [0.4, 0.5) is 5.69 Å². The fourth-order valence-electron chi connectivity index (χ4n) is 3.97. The molecule has 1 heterocycles. The van der Waals surface area contributed by atoms with Gasteiger partial charge >= 0.3 is 0 Å². The molecule has 1 unspecified atom stereocenters. The molecule has 3 aromatic rings. The number of piperazine rings is 1. The maximum atomic E-state index is 2.59. The number of anilines is 1. The third kappa shape index (κ3) is 3.40. The van der Waals surface area contributed by atoms with Crippen molar-refractivity contribution in [1.29, 1.82) is 0 Å². The van der Waals surface area contributed by atoms with E-state index in [-0.39, 0.29) is 0 Å². The predicted molar refractivity (Wildman–Crippen MR) is 107 cm³/mol. The van der Waals surface area contributed by atoms with Gasteiger partial charge in [0.1, 0.15) is 0 Å². The average molecular weight is 330 g/mol. The molecule has 0 amide bonds. The molecule has 0 aliphatic carbocycles. The zero-order valence-electron chi connectivity index (χ0n) is 15.2. The van der Waals surface area contributed by atoms with Gasteiger partial charge in [-0.25, -0.2) is 0 Å². The van der Waals surface area contributed by atoms with Crippen LogP contribution < -0.4 is 4.90 Å². The lowest BCUT2D eigenvalue weighted by atomic mass is 10.0. The summed E-state index contributed by atoms with van der Waals surface area (Å²) in [5.74, 6) is 0. The molecule has 0 bridgehead atoms. The highest BCUT2D eigenvalue weighted by molar-refractivity contribution is 5.85. The van der Waals surface area contributed by atoms with Gasteiger partial charge in [-0.3, -0.25) is 4.90 Å². The summed E-state index contributed by atoms with van der Waals surface area (Å²) in [5.41, 5.74) is 4.11. The number of benzene rings is 3. The Morgan fingerprint density at radius 2 is 1.64 bits per heavy atom. The van der Waals surface area contributed by atoms with Crippen LogP contribution in [0.2, 0.25) is 0 Å². The van der Waals surface area contributed by atoms with E-state index in [4.69, 9.17) is 0 Å². The summed E-state index contributed by atoms with van der Waals surface area (Å²) in [6, 6.07) is 24.9. The zero-order valence-corrected chi connectivity index (χ0v) is 15.2. The third-order valence-corrected chi connectivity index (χ3v) is 5.35. The highest BCUT2D eigenvalue weighted by Crippen LogP contribution is 2.24. The van der Waals surface area contributed by atoms with Crippen molar-refractivity contribution in [1.82, 2.24) is 4.90 Å². The molecule has 1 aliphatic rings. The molecule has 25 heavy (non-hydrogen) atoms. The Bertz CT molecular complexity index is 848. The van der Waals surface area contributed by atoms with Crippen molar-refractivity contribution in [2.75, 3.05) is 24.5 Å². The van der Waals surface area contributed by atoms with Gasteiger partial charge in [-0.05, 0) is 42.3 Å². The molecule has 2 heteroatoms. The van der Waals surface area contributed by atoms with Crippen molar-refractivity contribution < 1.29 is 0 Å². The van der Waals surface area contributed by atoms with Crippen LogP contribution in [0.1, 0.15) is 18.1 Å². The SMILES string of the molecule is Cc1ccc(N2CCN(Cc3cccc4ccccc34)CC2C)cc1. The molecule has 128 valence electrons. The number of fused-ring (bicyclic) bond motifs is 1. The quantitative estimate of drug-likeness (QED) is 0.677. The van der Waals surface area contributed by atoms with Gasteiger partial charge in [-0.15, -0.1) is 0 Å². The van der Waals surface area contributed by atoms with Gasteiger partial charge in [-0.1, -0.05) is 60.2 Å². The Kier molecular flexibility index (Phi) is 4.46. The van der Waals surface area contributed by atoms with Crippen LogP contribution in [0.15, 0.2) is 66.7 Å². The molecule has 2 nitrogen and oxygen atoms in total. The van der Waals surface area contributed by atoms with Gasteiger partial charge in [0.25, 0.3) is 0 Å². The highest BCUT2D eigenvalue weighted by Gasteiger charge is 2.24. The normalized spacial score (nSPS) is 18.6. The molecular weight excluding hydrogens is 304 g/mol. The van der Waals surface area contributed by atoms with Gasteiger partial charge < -0.3 is 4.90 Å². The lowest BCUT2D eigenvalue weighted by Crippen LogP contribution is -2.51. The predicted octanol–water partition coefficient (Wildman–Crippen LogP) is 4.86. The summed E-state index contributed by atoms with van der Waals surface area (Å²) in [6.45, 7) is 8.84. The van der Waals surface area contributed by atoms with E-state index in [0.717, 1.165) is 26.2 Å². The van der Waals surface area contributed by atoms with Crippen LogP contribution in [0.3, 0.4) is 0 Å². The van der Waals surface area contributed by atoms with Crippen LogP contribution in [-0.2, 0) is 6.54 Å². The largest absolute Gasteiger partial charge is 0.366 e. The maximum absolute atomic E-state index is 2.59. The molecule has 3 aromatic carbocycles. The van der Waals surface area contributed by atoms with Crippen molar-refractivity contribution in [3.05, 3.63) is 77.9 Å². The zero-order chi connectivity index (χ0) is 17.2. The second kappa shape index (κ2) is 6.89. The summed E-state index contributed by atoms with van der Waals surface area (Å²) in [4.78, 5) is 5.14. The van der Waals surface area contributed by atoms with E-state index in [1.807, 2.05) is 0 Å². The minimum atomic E-state index is 0.534. The second-order valence-electron chi connectivity index (χ2n) is 7.25. The Balaban J connectivity index is 1.48. The van der Waals surface area contributed by atoms with E-state index in [1.165, 1.54) is 27.6 Å². The van der Waals surface area contributed by atoms with Gasteiger partial charge in [0.2, 0.25) is 0 Å². The topological polar surface area (TPSA) is 6.48 Å². The van der Waals surface area contributed by atoms with Gasteiger partial charge in [0, 0.05) is 37.9 Å². The fraction of sp³-hybridized carbons (Fsp3) is 0.304. The second-order valence-corrected chi connectivity index (χ2v) is 7.25. The highest BCUT2D eigenvalue weighted by atomic mass is 15.3. The minimum Gasteiger partial charge on any atom is -0.366 e. The van der Waals surface area contributed by atoms with Crippen molar-refractivity contribution in [2.24, 2.45) is 0 Å². The monoisotopic (exact) mass is 330 g/mol. The Morgan fingerprint density at radius 1 is 0.880 bits per heavy atom. The molecule has 4 rings (SSSR count). The smallest absolute Gasteiger partial charge is 0.0389 e. The van der Waals surface area contributed by atoms with Gasteiger partial charge in [-0.2, -0.15) is 0 Å². The van der Waals surface area contributed by atoms with Crippen molar-refractivity contribution in [3.8, 4) is 0 Å². The minimum absolute atomic E-state index is 0.534. The van der Waals surface area contributed by atoms with E-state index in [9.17, 15) is 0 Å². The molecule has 1 saturated heterocycles. The Labute approximate surface area is 150 Å². The standard InChI is InChI=1S/C23H26N2/c1-18-10-12-22(13-11-18)25-15-14-24(16-19(25)2)17-21-8-5-7-20-6-3-4-9-23(20)21/h3-13,19H,14-17H2,1-2H3. The summed E-state index contributed by atoms with van der Waals surface area (Å²) >= 11 is 0. The summed E-state index contributed by atoms with van der Waals surface area (Å²) < 4.78 is 0. The molecular formula is C23H26N2. The van der Waals surface area contributed by atoms with E-state index in [2.05, 4.69) is 90.4 Å². The Morgan fingerprint density at radius 3 is 2.44 bits per heavy atom. The lowest BCUT2D eigenvalue weighted by molar-refractivity contribution is 0.221. The van der Waals surface area contributed by atoms with Crippen LogP contribution >= 0.6 is 0 Å². The van der Waals surface area contributed by atoms with E-state index in [0.29, 0.717) is 6.04 Å². The number of nitrogens with zero attached hydrogens (tertiary/aromatic N) is 2. The number of hydrogen-bond acceptors (Lipinski definition) is 2. The molecule has 1 fully saturated rings. The molecule has 0 N–H and O–H groups in total. The molecule has 1 aliphatic heterocycles. The first-order valence-electron chi connectivity index (χ1n) is 9.23. The molecule has 0 saturated carbocycles. The van der Waals surface area contributed by atoms with Gasteiger partial charge in [0.05, 0.1) is 0 Å². The van der Waals surface area contributed by atoms with E-state index < -0.39 is 0 Å². The number of aryl methyl sites for hydroxylation is 1. The van der Waals surface area contributed by atoms with Gasteiger partial charge in [0.15, 0.2) is 0 Å². The number of rotatable bonds is 3. The summed E-state index contributed by atoms with van der Waals surface area (Å²) in [6.07, 6.45) is 0. The maximum Gasteiger partial charge on any atom is 0.0389 e. The van der Waals surface area contributed by atoms with Crippen LogP contribution in [0.5, 0.6) is 0 Å². The van der Waals surface area contributed by atoms with Crippen molar-refractivity contribution in [3.63, 3.8) is 0 Å². The molecule has 1 atom stereocenters. The molecule has 0 spiro atoms. The Hall–Kier alpha value is -2.32. The third-order valence-electron chi connectivity index (χ3n) is 5.35. The van der Waals surface area contributed by atoms with Crippen molar-refractivity contribution in [2.45, 2.75) is 26.4 Å². The van der Waals surface area contributed by atoms with Crippen LogP contribution in [0, 0.1) is 6.92 Å². The average Bonchev–Trinajstić information content (AvgIpc) is 2.63. The van der Waals surface area contributed by atoms with Crippen LogP contribution in [-0.4, -0.2) is 30.6 Å². The summed E-state index contributed by atoms with van der Waals surface area (Å²) in [5, 5.41) is 2.73.